The lowest BCUT2D eigenvalue weighted by Crippen LogP contribution is -2.05. The maximum Gasteiger partial charge on any atom is 0.339 e. The van der Waals surface area contributed by atoms with Crippen molar-refractivity contribution in [2.24, 2.45) is 0 Å². The molecule has 0 amide bonds. The molecule has 2 aromatic rings. The van der Waals surface area contributed by atoms with Crippen LogP contribution < -0.4 is 5.73 Å². The molecule has 0 aliphatic heterocycles. The molecule has 0 unspecified atom stereocenters. The number of nitrogens with zero attached hydrogens (tertiary/aromatic N) is 2. The van der Waals surface area contributed by atoms with Crippen molar-refractivity contribution in [3.63, 3.8) is 0 Å². The Kier molecular flexibility index (Phi) is 3.73. The van der Waals surface area contributed by atoms with Crippen molar-refractivity contribution in [2.45, 2.75) is 10.1 Å². The molecule has 6 nitrogen and oxygen atoms in total. The van der Waals surface area contributed by atoms with Crippen molar-refractivity contribution in [3.8, 4) is 0 Å². The quantitative estimate of drug-likeness (QED) is 0.661. The molecule has 0 saturated carbocycles. The van der Waals surface area contributed by atoms with Crippen LogP contribution in [0.15, 0.2) is 28.5 Å². The molecule has 18 heavy (non-hydrogen) atoms. The molecule has 2 rings (SSSR count). The molecular weight excluding hydrogens is 276 g/mol. The third-order valence-electron chi connectivity index (χ3n) is 2.06. The zero-order valence-corrected chi connectivity index (χ0v) is 10.9. The molecule has 8 heteroatoms. The van der Waals surface area contributed by atoms with E-state index in [1.165, 1.54) is 31.3 Å². The van der Waals surface area contributed by atoms with Crippen molar-refractivity contribution < 1.29 is 9.53 Å². The number of aromatic amines is 1. The summed E-state index contributed by atoms with van der Waals surface area (Å²) < 4.78 is 4.69. The fraction of sp³-hybridized carbons (Fsp3) is 0.100. The molecule has 0 aliphatic rings. The maximum atomic E-state index is 11.7. The van der Waals surface area contributed by atoms with E-state index in [1.54, 1.807) is 6.07 Å². The van der Waals surface area contributed by atoms with E-state index in [1.807, 2.05) is 0 Å². The smallest absolute Gasteiger partial charge is 0.339 e. The monoisotopic (exact) mass is 284 g/mol. The summed E-state index contributed by atoms with van der Waals surface area (Å²) in [7, 11) is 1.29. The normalized spacial score (nSPS) is 10.3. The number of carbonyl (C=O) groups excluding carboxylic acids is 1. The molecule has 0 fully saturated rings. The Labute approximate surface area is 112 Å². The van der Waals surface area contributed by atoms with Gasteiger partial charge in [-0.15, -0.1) is 0 Å². The van der Waals surface area contributed by atoms with Crippen molar-refractivity contribution in [3.05, 3.63) is 29.0 Å². The number of halogens is 1. The van der Waals surface area contributed by atoms with Gasteiger partial charge in [-0.05, 0) is 23.9 Å². The lowest BCUT2D eigenvalue weighted by atomic mass is 10.2. The number of methoxy groups -OCH3 is 1. The van der Waals surface area contributed by atoms with Crippen LogP contribution in [0.25, 0.3) is 0 Å². The molecule has 0 aliphatic carbocycles. The molecule has 94 valence electrons. The molecule has 3 N–H and O–H groups in total. The third kappa shape index (κ3) is 2.57. The molecular formula is C10H9ClN4O2S. The predicted molar refractivity (Wildman–Crippen MR) is 67.7 cm³/mol. The van der Waals surface area contributed by atoms with Gasteiger partial charge in [-0.25, -0.2) is 9.78 Å². The second kappa shape index (κ2) is 5.28. The number of rotatable bonds is 3. The Morgan fingerprint density at radius 3 is 2.94 bits per heavy atom. The van der Waals surface area contributed by atoms with Gasteiger partial charge in [0.05, 0.1) is 17.7 Å². The van der Waals surface area contributed by atoms with Gasteiger partial charge in [0.2, 0.25) is 0 Å². The number of ether oxygens (including phenoxy) is 1. The molecule has 1 aromatic carbocycles. The van der Waals surface area contributed by atoms with E-state index >= 15 is 0 Å². The highest BCUT2D eigenvalue weighted by Crippen LogP contribution is 2.36. The van der Waals surface area contributed by atoms with E-state index in [4.69, 9.17) is 22.1 Å². The summed E-state index contributed by atoms with van der Waals surface area (Å²) in [5.74, 6) is -0.508. The molecule has 0 radical (unpaired) electrons. The van der Waals surface area contributed by atoms with Crippen LogP contribution in [0, 0.1) is 0 Å². The highest BCUT2D eigenvalue weighted by Gasteiger charge is 2.18. The van der Waals surface area contributed by atoms with Crippen LogP contribution in [0.4, 0.5) is 5.69 Å². The van der Waals surface area contributed by atoms with E-state index < -0.39 is 5.97 Å². The number of hydrogen-bond acceptors (Lipinski definition) is 6. The first-order valence-electron chi connectivity index (χ1n) is 4.82. The molecule has 0 saturated heterocycles. The number of esters is 1. The standard InChI is InChI=1S/C10H9ClN4O2S/c1-17-9(16)6-2-5(12)3-7(11)8(6)18-10-13-4-14-15-10/h2-4H,12H2,1H3,(H,13,14,15). The van der Waals surface area contributed by atoms with Crippen LogP contribution in [-0.4, -0.2) is 28.3 Å². The zero-order valence-electron chi connectivity index (χ0n) is 9.31. The average molecular weight is 285 g/mol. The van der Waals surface area contributed by atoms with Crippen molar-refractivity contribution in [1.82, 2.24) is 15.2 Å². The number of nitrogen functional groups attached to an aromatic ring is 1. The fourth-order valence-electron chi connectivity index (χ4n) is 1.32. The zero-order chi connectivity index (χ0) is 13.1. The minimum absolute atomic E-state index is 0.295. The average Bonchev–Trinajstić information content (AvgIpc) is 2.84. The van der Waals surface area contributed by atoms with Gasteiger partial charge in [0.1, 0.15) is 6.33 Å². The van der Waals surface area contributed by atoms with Crippen molar-refractivity contribution >= 4 is 35.0 Å². The Balaban J connectivity index is 2.47. The summed E-state index contributed by atoms with van der Waals surface area (Å²) >= 11 is 7.26. The lowest BCUT2D eigenvalue weighted by molar-refractivity contribution is 0.0597. The summed E-state index contributed by atoms with van der Waals surface area (Å²) in [5, 5.41) is 7.27. The number of hydrogen-bond donors (Lipinski definition) is 2. The van der Waals surface area contributed by atoms with Crippen LogP contribution in [0.3, 0.4) is 0 Å². The van der Waals surface area contributed by atoms with E-state index in [0.717, 1.165) is 0 Å². The van der Waals surface area contributed by atoms with Crippen molar-refractivity contribution in [2.75, 3.05) is 12.8 Å². The van der Waals surface area contributed by atoms with E-state index in [9.17, 15) is 4.79 Å². The van der Waals surface area contributed by atoms with Gasteiger partial charge >= 0.3 is 5.97 Å². The summed E-state index contributed by atoms with van der Waals surface area (Å²) in [6, 6.07) is 3.07. The number of H-pyrrole nitrogens is 1. The molecule has 1 aromatic heterocycles. The largest absolute Gasteiger partial charge is 0.465 e. The first-order valence-corrected chi connectivity index (χ1v) is 6.02. The van der Waals surface area contributed by atoms with Gasteiger partial charge in [0, 0.05) is 10.6 Å². The number of anilines is 1. The number of aromatic nitrogens is 3. The second-order valence-electron chi connectivity index (χ2n) is 3.26. The first kappa shape index (κ1) is 12.7. The molecule has 0 bridgehead atoms. The highest BCUT2D eigenvalue weighted by molar-refractivity contribution is 7.99. The molecule has 0 spiro atoms. The highest BCUT2D eigenvalue weighted by atomic mass is 35.5. The van der Waals surface area contributed by atoms with Crippen LogP contribution in [0.1, 0.15) is 10.4 Å². The van der Waals surface area contributed by atoms with E-state index in [0.29, 0.717) is 26.3 Å². The minimum Gasteiger partial charge on any atom is -0.465 e. The summed E-state index contributed by atoms with van der Waals surface area (Å²) in [6.07, 6.45) is 1.37. The summed E-state index contributed by atoms with van der Waals surface area (Å²) in [5.41, 5.74) is 6.34. The SMILES string of the molecule is COC(=O)c1cc(N)cc(Cl)c1Sc1ncn[nH]1. The Morgan fingerprint density at radius 1 is 1.56 bits per heavy atom. The minimum atomic E-state index is -0.508. The summed E-state index contributed by atoms with van der Waals surface area (Å²) in [6.45, 7) is 0. The van der Waals surface area contributed by atoms with Gasteiger partial charge in [0.25, 0.3) is 0 Å². The van der Waals surface area contributed by atoms with Crippen LogP contribution in [0.5, 0.6) is 0 Å². The number of nitrogens with one attached hydrogen (secondary N) is 1. The van der Waals surface area contributed by atoms with Gasteiger partial charge in [-0.3, -0.25) is 5.10 Å². The number of carbonyl (C=O) groups is 1. The number of benzene rings is 1. The van der Waals surface area contributed by atoms with Gasteiger partial charge in [0.15, 0.2) is 5.16 Å². The van der Waals surface area contributed by atoms with Crippen LogP contribution in [-0.2, 0) is 4.74 Å². The lowest BCUT2D eigenvalue weighted by Gasteiger charge is -2.09. The van der Waals surface area contributed by atoms with E-state index in [-0.39, 0.29) is 0 Å². The maximum absolute atomic E-state index is 11.7. The Morgan fingerprint density at radius 2 is 2.33 bits per heavy atom. The predicted octanol–water partition coefficient (Wildman–Crippen LogP) is 1.98. The van der Waals surface area contributed by atoms with Gasteiger partial charge < -0.3 is 10.5 Å². The fourth-order valence-corrected chi connectivity index (χ4v) is 2.46. The third-order valence-corrected chi connectivity index (χ3v) is 3.51. The van der Waals surface area contributed by atoms with Crippen LogP contribution in [0.2, 0.25) is 5.02 Å². The van der Waals surface area contributed by atoms with Crippen LogP contribution >= 0.6 is 23.4 Å². The van der Waals surface area contributed by atoms with Crippen molar-refractivity contribution in [1.29, 1.82) is 0 Å². The Hall–Kier alpha value is -1.73. The number of nitrogens with two attached hydrogens (primary N) is 1. The second-order valence-corrected chi connectivity index (χ2v) is 4.67. The van der Waals surface area contributed by atoms with Gasteiger partial charge in [-0.2, -0.15) is 5.10 Å². The molecule has 1 heterocycles. The van der Waals surface area contributed by atoms with Gasteiger partial charge in [-0.1, -0.05) is 11.6 Å². The Bertz CT molecular complexity index is 574. The first-order chi connectivity index (χ1) is 8.61. The summed E-state index contributed by atoms with van der Waals surface area (Å²) in [4.78, 5) is 16.1. The molecule has 0 atom stereocenters. The topological polar surface area (TPSA) is 93.9 Å². The van der Waals surface area contributed by atoms with E-state index in [2.05, 4.69) is 15.2 Å².